The third kappa shape index (κ3) is 2.85. The first-order chi connectivity index (χ1) is 13.2. The Bertz CT molecular complexity index is 1000. The standard InChI is InChI=1S/C22H21NO4/c1-25-19-10-14(11-20(26-2)22(19)27-3)17-12-18(24)21-15-7-5-4-6-13(15)8-9-16(21)23-17/h4-11,17,23H,12H2,1-3H3/t17-/m0/s1. The van der Waals surface area contributed by atoms with Crippen molar-refractivity contribution in [3.63, 3.8) is 0 Å². The topological polar surface area (TPSA) is 56.8 Å². The van der Waals surface area contributed by atoms with Crippen molar-refractivity contribution in [2.45, 2.75) is 12.5 Å². The molecule has 3 aromatic rings. The van der Waals surface area contributed by atoms with E-state index in [2.05, 4.69) is 5.32 Å². The molecule has 0 unspecified atom stereocenters. The Balaban J connectivity index is 1.78. The Labute approximate surface area is 157 Å². The summed E-state index contributed by atoms with van der Waals surface area (Å²) in [4.78, 5) is 13.0. The minimum absolute atomic E-state index is 0.124. The minimum Gasteiger partial charge on any atom is -0.493 e. The van der Waals surface area contributed by atoms with Crippen molar-refractivity contribution in [2.24, 2.45) is 0 Å². The zero-order chi connectivity index (χ0) is 19.0. The number of hydrogen-bond acceptors (Lipinski definition) is 5. The maximum absolute atomic E-state index is 13.0. The van der Waals surface area contributed by atoms with Crippen molar-refractivity contribution >= 4 is 22.2 Å². The van der Waals surface area contributed by atoms with Gasteiger partial charge in [-0.1, -0.05) is 30.3 Å². The number of ether oxygens (including phenoxy) is 3. The second-order valence-corrected chi connectivity index (χ2v) is 6.49. The summed E-state index contributed by atoms with van der Waals surface area (Å²) in [5.74, 6) is 1.81. The molecule has 138 valence electrons. The van der Waals surface area contributed by atoms with Crippen LogP contribution >= 0.6 is 0 Å². The first kappa shape index (κ1) is 17.2. The summed E-state index contributed by atoms with van der Waals surface area (Å²) in [6.07, 6.45) is 0.361. The Morgan fingerprint density at radius 2 is 1.63 bits per heavy atom. The third-order valence-corrected chi connectivity index (χ3v) is 5.02. The van der Waals surface area contributed by atoms with E-state index in [9.17, 15) is 4.79 Å². The molecule has 1 heterocycles. The van der Waals surface area contributed by atoms with Crippen LogP contribution in [-0.4, -0.2) is 27.1 Å². The van der Waals surface area contributed by atoms with E-state index in [1.807, 2.05) is 48.5 Å². The van der Waals surface area contributed by atoms with Gasteiger partial charge in [-0.15, -0.1) is 0 Å². The number of fused-ring (bicyclic) bond motifs is 3. The average molecular weight is 363 g/mol. The van der Waals surface area contributed by atoms with Gasteiger partial charge in [0.05, 0.1) is 27.4 Å². The van der Waals surface area contributed by atoms with Crippen LogP contribution in [0.2, 0.25) is 0 Å². The summed E-state index contributed by atoms with van der Waals surface area (Å²) in [7, 11) is 4.74. The smallest absolute Gasteiger partial charge is 0.203 e. The summed E-state index contributed by atoms with van der Waals surface area (Å²) in [5, 5.41) is 5.55. The second kappa shape index (κ2) is 6.83. The van der Waals surface area contributed by atoms with E-state index in [-0.39, 0.29) is 11.8 Å². The van der Waals surface area contributed by atoms with Gasteiger partial charge in [0.2, 0.25) is 5.75 Å². The Hall–Kier alpha value is -3.21. The predicted octanol–water partition coefficient (Wildman–Crippen LogP) is 4.61. The largest absolute Gasteiger partial charge is 0.493 e. The molecule has 1 atom stereocenters. The van der Waals surface area contributed by atoms with Gasteiger partial charge in [-0.25, -0.2) is 0 Å². The van der Waals surface area contributed by atoms with Crippen LogP contribution in [0.15, 0.2) is 48.5 Å². The van der Waals surface area contributed by atoms with Crippen LogP contribution in [0.25, 0.3) is 10.8 Å². The molecule has 0 amide bonds. The number of ketones is 1. The van der Waals surface area contributed by atoms with Gasteiger partial charge in [-0.05, 0) is 34.5 Å². The number of anilines is 1. The van der Waals surface area contributed by atoms with Gasteiger partial charge in [0.15, 0.2) is 17.3 Å². The van der Waals surface area contributed by atoms with Crippen molar-refractivity contribution in [3.05, 3.63) is 59.7 Å². The maximum atomic E-state index is 13.0. The molecule has 0 fully saturated rings. The van der Waals surface area contributed by atoms with Crippen LogP contribution in [0.3, 0.4) is 0 Å². The molecule has 1 aliphatic rings. The molecule has 0 spiro atoms. The highest BCUT2D eigenvalue weighted by molar-refractivity contribution is 6.14. The van der Waals surface area contributed by atoms with Crippen molar-refractivity contribution in [1.82, 2.24) is 0 Å². The highest BCUT2D eigenvalue weighted by Gasteiger charge is 2.28. The highest BCUT2D eigenvalue weighted by atomic mass is 16.5. The molecule has 5 heteroatoms. The molecule has 0 bridgehead atoms. The molecule has 0 aliphatic carbocycles. The molecular formula is C22H21NO4. The highest BCUT2D eigenvalue weighted by Crippen LogP contribution is 2.43. The van der Waals surface area contributed by atoms with Gasteiger partial charge < -0.3 is 19.5 Å². The molecule has 27 heavy (non-hydrogen) atoms. The Morgan fingerprint density at radius 3 is 2.30 bits per heavy atom. The number of methoxy groups -OCH3 is 3. The minimum atomic E-state index is -0.167. The van der Waals surface area contributed by atoms with E-state index in [1.165, 1.54) is 0 Å². The van der Waals surface area contributed by atoms with E-state index >= 15 is 0 Å². The number of carbonyl (C=O) groups excluding carboxylic acids is 1. The fraction of sp³-hybridized carbons (Fsp3) is 0.227. The molecule has 0 aromatic heterocycles. The zero-order valence-electron chi connectivity index (χ0n) is 15.5. The number of hydrogen-bond donors (Lipinski definition) is 1. The molecule has 4 rings (SSSR count). The van der Waals surface area contributed by atoms with E-state index in [1.54, 1.807) is 21.3 Å². The number of nitrogens with one attached hydrogen (secondary N) is 1. The lowest BCUT2D eigenvalue weighted by Crippen LogP contribution is -2.23. The van der Waals surface area contributed by atoms with Crippen LogP contribution in [-0.2, 0) is 0 Å². The molecule has 3 aromatic carbocycles. The van der Waals surface area contributed by atoms with Crippen LogP contribution in [0, 0.1) is 0 Å². The normalized spacial score (nSPS) is 15.8. The maximum Gasteiger partial charge on any atom is 0.203 e. The van der Waals surface area contributed by atoms with Crippen LogP contribution in [0.5, 0.6) is 17.2 Å². The fourth-order valence-electron chi connectivity index (χ4n) is 3.72. The van der Waals surface area contributed by atoms with E-state index < -0.39 is 0 Å². The number of Topliss-reactive ketones (excluding diaryl/α,β-unsaturated/α-hetero) is 1. The van der Waals surface area contributed by atoms with Gasteiger partial charge in [0.1, 0.15) is 0 Å². The summed E-state index contributed by atoms with van der Waals surface area (Å²) < 4.78 is 16.3. The monoisotopic (exact) mass is 363 g/mol. The second-order valence-electron chi connectivity index (χ2n) is 6.49. The average Bonchev–Trinajstić information content (AvgIpc) is 2.71. The lowest BCUT2D eigenvalue weighted by Gasteiger charge is -2.28. The van der Waals surface area contributed by atoms with E-state index in [0.29, 0.717) is 23.7 Å². The molecular weight excluding hydrogens is 342 g/mol. The lowest BCUT2D eigenvalue weighted by molar-refractivity contribution is 0.0974. The van der Waals surface area contributed by atoms with Crippen LogP contribution in [0.4, 0.5) is 5.69 Å². The third-order valence-electron chi connectivity index (χ3n) is 5.02. The van der Waals surface area contributed by atoms with E-state index in [0.717, 1.165) is 27.6 Å². The van der Waals surface area contributed by atoms with Gasteiger partial charge in [0.25, 0.3) is 0 Å². The summed E-state index contributed by atoms with van der Waals surface area (Å²) in [5.41, 5.74) is 2.53. The Kier molecular flexibility index (Phi) is 4.36. The lowest BCUT2D eigenvalue weighted by atomic mass is 9.89. The molecule has 1 aliphatic heterocycles. The predicted molar refractivity (Wildman–Crippen MR) is 105 cm³/mol. The number of benzene rings is 3. The molecule has 0 saturated carbocycles. The van der Waals surface area contributed by atoms with Gasteiger partial charge in [-0.3, -0.25) is 4.79 Å². The molecule has 0 radical (unpaired) electrons. The summed E-state index contributed by atoms with van der Waals surface area (Å²) in [6.45, 7) is 0. The summed E-state index contributed by atoms with van der Waals surface area (Å²) in [6, 6.07) is 15.6. The molecule has 5 nitrogen and oxygen atoms in total. The zero-order valence-corrected chi connectivity index (χ0v) is 15.5. The van der Waals surface area contributed by atoms with Crippen molar-refractivity contribution in [2.75, 3.05) is 26.6 Å². The number of rotatable bonds is 4. The van der Waals surface area contributed by atoms with Gasteiger partial charge >= 0.3 is 0 Å². The SMILES string of the molecule is COc1cc([C@@H]2CC(=O)c3c(ccc4ccccc34)N2)cc(OC)c1OC. The van der Waals surface area contributed by atoms with Gasteiger partial charge in [0, 0.05) is 17.7 Å². The van der Waals surface area contributed by atoms with Crippen molar-refractivity contribution in [1.29, 1.82) is 0 Å². The summed E-state index contributed by atoms with van der Waals surface area (Å²) >= 11 is 0. The first-order valence-electron chi connectivity index (χ1n) is 8.77. The van der Waals surface area contributed by atoms with Gasteiger partial charge in [-0.2, -0.15) is 0 Å². The van der Waals surface area contributed by atoms with Crippen LogP contribution < -0.4 is 19.5 Å². The van der Waals surface area contributed by atoms with Crippen molar-refractivity contribution < 1.29 is 19.0 Å². The quantitative estimate of drug-likeness (QED) is 0.734. The van der Waals surface area contributed by atoms with Crippen LogP contribution in [0.1, 0.15) is 28.4 Å². The number of carbonyl (C=O) groups is 1. The van der Waals surface area contributed by atoms with E-state index in [4.69, 9.17) is 14.2 Å². The van der Waals surface area contributed by atoms with Crippen molar-refractivity contribution in [3.8, 4) is 17.2 Å². The Morgan fingerprint density at radius 1 is 0.926 bits per heavy atom. The first-order valence-corrected chi connectivity index (χ1v) is 8.77. The molecule has 1 N–H and O–H groups in total. The molecule has 0 saturated heterocycles. The fourth-order valence-corrected chi connectivity index (χ4v) is 3.72.